The number of nitrogens with zero attached hydrogens (tertiary/aromatic N) is 3. The van der Waals surface area contributed by atoms with E-state index in [0.717, 1.165) is 18.2 Å². The predicted octanol–water partition coefficient (Wildman–Crippen LogP) is 8.64. The molecule has 272 valence electrons. The average Bonchev–Trinajstić information content (AvgIpc) is 3.02. The minimum absolute atomic E-state index is 0.0709. The number of carboxylic acids is 1. The fourth-order valence-electron chi connectivity index (χ4n) is 5.08. The Labute approximate surface area is 284 Å². The number of hydrogen-bond acceptors (Lipinski definition) is 7. The Morgan fingerprint density at radius 1 is 0.843 bits per heavy atom. The van der Waals surface area contributed by atoms with Crippen molar-refractivity contribution in [3.05, 3.63) is 100 Å². The van der Waals surface area contributed by atoms with Crippen molar-refractivity contribution in [3.8, 4) is 22.8 Å². The van der Waals surface area contributed by atoms with Crippen molar-refractivity contribution in [2.75, 3.05) is 12.8 Å². The summed E-state index contributed by atoms with van der Waals surface area (Å²) in [6.07, 6.45) is -18.4. The van der Waals surface area contributed by atoms with Crippen LogP contribution in [0.2, 0.25) is 0 Å². The third-order valence-corrected chi connectivity index (χ3v) is 7.51. The standard InChI is InChI=1S/C34H29F9N4O4/c1-5-26(30(48)49)51-29-24(12-17-10-20(33(38,39)40)15-21(11-17)34(41,42)43)46-31(44)47-25(29)14-18-13-19(32(35,36)37)6-7-22(18)28-27(50-4)9-8-23(45-28)16(2)3/h6-11,13,15,26H,2,5,12,14H2,1,3-4H3,(H,48,49)(H2,44,46,47). The molecule has 8 nitrogen and oxygen atoms in total. The van der Waals surface area contributed by atoms with Crippen LogP contribution in [0.5, 0.6) is 11.5 Å². The summed E-state index contributed by atoms with van der Waals surface area (Å²) in [7, 11) is 1.31. The highest BCUT2D eigenvalue weighted by atomic mass is 19.4. The minimum atomic E-state index is -5.18. The van der Waals surface area contributed by atoms with Crippen molar-refractivity contribution in [1.82, 2.24) is 15.0 Å². The Kier molecular flexibility index (Phi) is 10.9. The first kappa shape index (κ1) is 38.5. The van der Waals surface area contributed by atoms with Gasteiger partial charge in [-0.05, 0) is 72.5 Å². The number of pyridine rings is 1. The van der Waals surface area contributed by atoms with Gasteiger partial charge in [0, 0.05) is 18.4 Å². The van der Waals surface area contributed by atoms with Crippen molar-refractivity contribution in [3.63, 3.8) is 0 Å². The summed E-state index contributed by atoms with van der Waals surface area (Å²) in [6, 6.07) is 6.63. The van der Waals surface area contributed by atoms with Crippen LogP contribution in [0, 0.1) is 0 Å². The van der Waals surface area contributed by atoms with Crippen molar-refractivity contribution >= 4 is 17.5 Å². The van der Waals surface area contributed by atoms with Gasteiger partial charge in [-0.3, -0.25) is 0 Å². The molecule has 0 aliphatic carbocycles. The Morgan fingerprint density at radius 3 is 1.90 bits per heavy atom. The Hall–Kier alpha value is -5.35. The number of halogens is 9. The number of aliphatic carboxylic acids is 1. The number of allylic oxidation sites excluding steroid dienone is 1. The third-order valence-electron chi connectivity index (χ3n) is 7.51. The number of anilines is 1. The highest BCUT2D eigenvalue weighted by Crippen LogP contribution is 2.40. The van der Waals surface area contributed by atoms with E-state index in [0.29, 0.717) is 23.4 Å². The third kappa shape index (κ3) is 9.07. The number of benzene rings is 2. The van der Waals surface area contributed by atoms with E-state index in [9.17, 15) is 49.4 Å². The van der Waals surface area contributed by atoms with Crippen LogP contribution >= 0.6 is 0 Å². The van der Waals surface area contributed by atoms with Crippen LogP contribution in [0.3, 0.4) is 0 Å². The van der Waals surface area contributed by atoms with Crippen molar-refractivity contribution in [2.45, 2.75) is 57.7 Å². The summed E-state index contributed by atoms with van der Waals surface area (Å²) in [4.78, 5) is 24.6. The highest BCUT2D eigenvalue weighted by Gasteiger charge is 2.37. The topological polar surface area (TPSA) is 120 Å². The zero-order valence-corrected chi connectivity index (χ0v) is 27.0. The second-order valence-corrected chi connectivity index (χ2v) is 11.3. The van der Waals surface area contributed by atoms with E-state index in [4.69, 9.17) is 15.2 Å². The molecular formula is C34H29F9N4O4. The molecule has 2 heterocycles. The maximum atomic E-state index is 14.0. The smallest absolute Gasteiger partial charge is 0.416 e. The van der Waals surface area contributed by atoms with Gasteiger partial charge >= 0.3 is 24.5 Å². The number of hydrogen-bond donors (Lipinski definition) is 2. The number of carboxylic acid groups (broad SMARTS) is 1. The lowest BCUT2D eigenvalue weighted by Crippen LogP contribution is -2.27. The monoisotopic (exact) mass is 728 g/mol. The molecule has 4 rings (SSSR count). The second-order valence-electron chi connectivity index (χ2n) is 11.3. The molecule has 2 aromatic carbocycles. The fraction of sp³-hybridized carbons (Fsp3) is 0.294. The molecule has 3 N–H and O–H groups in total. The lowest BCUT2D eigenvalue weighted by Gasteiger charge is -2.21. The lowest BCUT2D eigenvalue weighted by molar-refractivity contribution is -0.145. The number of methoxy groups -OCH3 is 1. The summed E-state index contributed by atoms with van der Waals surface area (Å²) in [5.41, 5.74) is 1.28. The van der Waals surface area contributed by atoms with Crippen LogP contribution in [0.1, 0.15) is 65.2 Å². The van der Waals surface area contributed by atoms with Crippen LogP contribution in [0.4, 0.5) is 45.5 Å². The van der Waals surface area contributed by atoms with Gasteiger partial charge in [0.15, 0.2) is 11.9 Å². The van der Waals surface area contributed by atoms with Gasteiger partial charge in [0.1, 0.15) is 11.4 Å². The zero-order chi connectivity index (χ0) is 38.1. The lowest BCUT2D eigenvalue weighted by atomic mass is 9.95. The second kappa shape index (κ2) is 14.5. The zero-order valence-electron chi connectivity index (χ0n) is 27.0. The SMILES string of the molecule is C=C(C)c1ccc(OC)c(-c2ccc(C(F)(F)F)cc2Cc2nc(N)nc(Cc3cc(C(F)(F)F)cc(C(F)(F)F)c3)c2OC(CC)C(=O)O)n1. The molecule has 51 heavy (non-hydrogen) atoms. The van der Waals surface area contributed by atoms with E-state index in [1.54, 1.807) is 13.0 Å². The van der Waals surface area contributed by atoms with E-state index in [-0.39, 0.29) is 40.8 Å². The normalized spacial score (nSPS) is 12.8. The van der Waals surface area contributed by atoms with Gasteiger partial charge in [0.05, 0.1) is 40.9 Å². The van der Waals surface area contributed by atoms with Crippen LogP contribution < -0.4 is 15.2 Å². The van der Waals surface area contributed by atoms with Crippen molar-refractivity contribution < 1.29 is 58.9 Å². The molecule has 17 heteroatoms. The van der Waals surface area contributed by atoms with Crippen LogP contribution in [0.25, 0.3) is 16.8 Å². The fourth-order valence-corrected chi connectivity index (χ4v) is 5.08. The first-order valence-corrected chi connectivity index (χ1v) is 14.9. The van der Waals surface area contributed by atoms with Gasteiger partial charge in [-0.25, -0.2) is 19.7 Å². The highest BCUT2D eigenvalue weighted by molar-refractivity contribution is 5.74. The molecule has 1 unspecified atom stereocenters. The number of nitrogens with two attached hydrogens (primary N) is 1. The molecule has 1 atom stereocenters. The summed E-state index contributed by atoms with van der Waals surface area (Å²) < 4.78 is 135. The van der Waals surface area contributed by atoms with E-state index in [1.807, 2.05) is 0 Å². The predicted molar refractivity (Wildman–Crippen MR) is 167 cm³/mol. The summed E-state index contributed by atoms with van der Waals surface area (Å²) >= 11 is 0. The van der Waals surface area contributed by atoms with Crippen molar-refractivity contribution in [1.29, 1.82) is 0 Å². The number of ether oxygens (including phenoxy) is 2. The first-order valence-electron chi connectivity index (χ1n) is 14.9. The van der Waals surface area contributed by atoms with Gasteiger partial charge in [-0.15, -0.1) is 0 Å². The van der Waals surface area contributed by atoms with Crippen LogP contribution in [-0.4, -0.2) is 39.2 Å². The summed E-state index contributed by atoms with van der Waals surface area (Å²) in [5, 5.41) is 9.75. The molecule has 0 saturated heterocycles. The summed E-state index contributed by atoms with van der Waals surface area (Å²) in [5.74, 6) is -2.44. The molecule has 2 aromatic heterocycles. The van der Waals surface area contributed by atoms with E-state index in [2.05, 4.69) is 21.5 Å². The van der Waals surface area contributed by atoms with E-state index in [1.165, 1.54) is 20.1 Å². The van der Waals surface area contributed by atoms with Gasteiger partial charge < -0.3 is 20.3 Å². The maximum Gasteiger partial charge on any atom is 0.416 e. The number of alkyl halides is 9. The number of carbonyl (C=O) groups is 1. The van der Waals surface area contributed by atoms with Crippen LogP contribution in [-0.2, 0) is 36.2 Å². The molecule has 0 bridgehead atoms. The van der Waals surface area contributed by atoms with Gasteiger partial charge in [-0.2, -0.15) is 39.5 Å². The number of aromatic nitrogens is 3. The van der Waals surface area contributed by atoms with Crippen molar-refractivity contribution in [2.24, 2.45) is 0 Å². The molecule has 0 saturated carbocycles. The van der Waals surface area contributed by atoms with Gasteiger partial charge in [0.25, 0.3) is 0 Å². The quantitative estimate of drug-likeness (QED) is 0.147. The molecule has 0 aliphatic heterocycles. The largest absolute Gasteiger partial charge is 0.494 e. The van der Waals surface area contributed by atoms with E-state index < -0.39 is 83.1 Å². The van der Waals surface area contributed by atoms with Gasteiger partial charge in [-0.1, -0.05) is 19.6 Å². The minimum Gasteiger partial charge on any atom is -0.494 e. The molecule has 0 radical (unpaired) electrons. The number of nitrogen functional groups attached to an aromatic ring is 1. The molecule has 4 aromatic rings. The van der Waals surface area contributed by atoms with E-state index >= 15 is 0 Å². The summed E-state index contributed by atoms with van der Waals surface area (Å²) in [6.45, 7) is 6.89. The molecule has 0 amide bonds. The molecular weight excluding hydrogens is 699 g/mol. The number of rotatable bonds is 11. The molecule has 0 spiro atoms. The molecule has 0 fully saturated rings. The van der Waals surface area contributed by atoms with Crippen LogP contribution in [0.15, 0.2) is 55.1 Å². The maximum absolute atomic E-state index is 14.0. The molecule has 0 aliphatic rings. The average molecular weight is 729 g/mol. The Morgan fingerprint density at radius 2 is 1.41 bits per heavy atom. The Balaban J connectivity index is 2.00. The Bertz CT molecular complexity index is 1930. The first-order chi connectivity index (χ1) is 23.6. The van der Waals surface area contributed by atoms with Gasteiger partial charge in [0.2, 0.25) is 5.95 Å².